The molecule has 3 aromatic rings. The highest BCUT2D eigenvalue weighted by molar-refractivity contribution is 6.18. The predicted octanol–water partition coefficient (Wildman–Crippen LogP) is 4.59. The number of hydrogen-bond donors (Lipinski definition) is 2. The van der Waals surface area contributed by atoms with E-state index in [1.165, 1.54) is 38.5 Å². The van der Waals surface area contributed by atoms with E-state index in [9.17, 15) is 20.2 Å². The van der Waals surface area contributed by atoms with Crippen molar-refractivity contribution in [1.82, 2.24) is 14.7 Å². The van der Waals surface area contributed by atoms with Gasteiger partial charge in [-0.25, -0.2) is 0 Å². The topological polar surface area (TPSA) is 216 Å². The number of methoxy groups -OCH3 is 3. The summed E-state index contributed by atoms with van der Waals surface area (Å²) in [4.78, 5) is 26.8. The lowest BCUT2D eigenvalue weighted by molar-refractivity contribution is -0.385. The van der Waals surface area contributed by atoms with E-state index < -0.39 is 9.85 Å². The molecule has 3 N–H and O–H groups in total. The van der Waals surface area contributed by atoms with Crippen LogP contribution in [0.15, 0.2) is 54.6 Å². The fourth-order valence-electron chi connectivity index (χ4n) is 5.65. The Hall–Kier alpha value is -4.60. The van der Waals surface area contributed by atoms with E-state index in [4.69, 9.17) is 60.3 Å². The van der Waals surface area contributed by atoms with Crippen LogP contribution in [0.2, 0.25) is 0 Å². The fourth-order valence-corrected chi connectivity index (χ4v) is 5.89. The minimum atomic E-state index is -0.584. The molecule has 21 heteroatoms. The summed E-state index contributed by atoms with van der Waals surface area (Å²) in [6.45, 7) is 14.4. The number of nitrogen functional groups attached to an aromatic ring is 1. The van der Waals surface area contributed by atoms with Crippen LogP contribution in [0, 0.1) is 20.2 Å². The van der Waals surface area contributed by atoms with Gasteiger partial charge in [0.25, 0.3) is 11.4 Å². The van der Waals surface area contributed by atoms with Crippen molar-refractivity contribution in [3.05, 3.63) is 74.8 Å². The molecule has 6 rings (SSSR count). The molecular formula is C39H58Cl2N6O13. The molecule has 3 fully saturated rings. The molecule has 336 valence electrons. The van der Waals surface area contributed by atoms with E-state index in [1.807, 2.05) is 6.07 Å². The average molecular weight is 890 g/mol. The smallest absolute Gasteiger partial charge is 0.273 e. The van der Waals surface area contributed by atoms with Gasteiger partial charge in [0.15, 0.2) is 34.5 Å². The summed E-state index contributed by atoms with van der Waals surface area (Å²) in [6, 6.07) is 13.4. The zero-order chi connectivity index (χ0) is 42.8. The first-order chi connectivity index (χ1) is 28.6. The van der Waals surface area contributed by atoms with E-state index in [2.05, 4.69) is 14.7 Å². The molecule has 3 saturated heterocycles. The van der Waals surface area contributed by atoms with Crippen molar-refractivity contribution >= 4 is 41.1 Å². The van der Waals surface area contributed by atoms with Gasteiger partial charge in [0.1, 0.15) is 13.2 Å². The van der Waals surface area contributed by atoms with Gasteiger partial charge >= 0.3 is 0 Å². The lowest BCUT2D eigenvalue weighted by Gasteiger charge is -2.26. The Labute approximate surface area is 361 Å². The molecule has 0 aromatic heterocycles. The van der Waals surface area contributed by atoms with Crippen LogP contribution in [-0.4, -0.2) is 169 Å². The van der Waals surface area contributed by atoms with Crippen LogP contribution in [0.3, 0.4) is 0 Å². The second kappa shape index (κ2) is 29.6. The minimum absolute atomic E-state index is 0. The number of aromatic hydroxyl groups is 1. The number of phenols is 1. The third-order valence-electron chi connectivity index (χ3n) is 8.96. The van der Waals surface area contributed by atoms with Crippen molar-refractivity contribution in [3.8, 4) is 34.5 Å². The molecule has 0 bridgehead atoms. The number of morpholine rings is 3. The predicted molar refractivity (Wildman–Crippen MR) is 229 cm³/mol. The van der Waals surface area contributed by atoms with Crippen LogP contribution in [-0.2, 0) is 14.2 Å². The SMILES string of the molecule is COc1ccc(N)cc1OCCN1CCOCC1.COc1ccc([N+](=O)[O-])cc1O.COc1ccc([N+](=O)[O-])cc1OCCN1CCOCC1.Cl.ClCCN1CCOCC1. The van der Waals surface area contributed by atoms with Gasteiger partial charge in [-0.05, 0) is 24.3 Å². The van der Waals surface area contributed by atoms with Gasteiger partial charge in [0, 0.05) is 88.7 Å². The number of alkyl halides is 1. The second-order valence-corrected chi connectivity index (χ2v) is 13.2. The van der Waals surface area contributed by atoms with Crippen LogP contribution in [0.4, 0.5) is 17.1 Å². The van der Waals surface area contributed by atoms with Gasteiger partial charge in [-0.15, -0.1) is 24.0 Å². The lowest BCUT2D eigenvalue weighted by Crippen LogP contribution is -2.38. The number of hydrogen-bond acceptors (Lipinski definition) is 17. The van der Waals surface area contributed by atoms with Crippen molar-refractivity contribution < 1.29 is 52.8 Å². The molecule has 0 atom stereocenters. The average Bonchev–Trinajstić information content (AvgIpc) is 3.25. The van der Waals surface area contributed by atoms with E-state index in [0.717, 1.165) is 110 Å². The first-order valence-corrected chi connectivity index (χ1v) is 19.6. The summed E-state index contributed by atoms with van der Waals surface area (Å²) >= 11 is 5.55. The molecule has 0 amide bonds. The fraction of sp³-hybridized carbons (Fsp3) is 0.538. The summed E-state index contributed by atoms with van der Waals surface area (Å²) in [5.74, 6) is 3.04. The van der Waals surface area contributed by atoms with Gasteiger partial charge in [-0.3, -0.25) is 34.9 Å². The molecule has 0 unspecified atom stereocenters. The number of nitro benzene ring substituents is 2. The lowest BCUT2D eigenvalue weighted by atomic mass is 10.3. The Morgan fingerprint density at radius 1 is 0.617 bits per heavy atom. The number of non-ortho nitro benzene ring substituents is 2. The minimum Gasteiger partial charge on any atom is -0.504 e. The number of ether oxygens (including phenoxy) is 8. The highest BCUT2D eigenvalue weighted by Gasteiger charge is 2.15. The standard InChI is InChI=1S/C13H18N2O5.C13H20N2O3.C7H7NO4.C6H12ClNO.ClH/c1-18-12-3-2-11(15(16)17)10-13(12)20-9-6-14-4-7-19-8-5-14;1-16-12-3-2-11(14)10-13(12)18-9-6-15-4-7-17-8-5-15;1-12-7-3-2-5(8(10)11)4-6(7)9;7-1-2-8-3-5-9-6-4-8;/h2-3,10H,4-9H2,1H3;2-3,10H,4-9,14H2,1H3;2-4,9H,1H3;1-6H2;1H. The largest absolute Gasteiger partial charge is 0.504 e. The summed E-state index contributed by atoms with van der Waals surface area (Å²) in [7, 11) is 4.51. The van der Waals surface area contributed by atoms with Crippen molar-refractivity contribution in [2.45, 2.75) is 0 Å². The Morgan fingerprint density at radius 2 is 1.00 bits per heavy atom. The van der Waals surface area contributed by atoms with Crippen molar-refractivity contribution in [2.24, 2.45) is 0 Å². The molecule has 60 heavy (non-hydrogen) atoms. The quantitative estimate of drug-likeness (QED) is 0.0923. The van der Waals surface area contributed by atoms with Crippen molar-refractivity contribution in [2.75, 3.05) is 145 Å². The number of benzene rings is 3. The summed E-state index contributed by atoms with van der Waals surface area (Å²) in [5.41, 5.74) is 6.25. The highest BCUT2D eigenvalue weighted by atomic mass is 35.5. The van der Waals surface area contributed by atoms with Gasteiger partial charge in [0.2, 0.25) is 0 Å². The van der Waals surface area contributed by atoms with E-state index in [1.54, 1.807) is 25.3 Å². The Balaban J connectivity index is 0.000000285. The molecule has 3 aromatic carbocycles. The Kier molecular flexibility index (Phi) is 25.4. The molecule has 0 saturated carbocycles. The number of nitrogens with two attached hydrogens (primary N) is 1. The molecule has 3 heterocycles. The highest BCUT2D eigenvalue weighted by Crippen LogP contribution is 2.32. The molecule has 19 nitrogen and oxygen atoms in total. The van der Waals surface area contributed by atoms with Gasteiger partial charge in [-0.1, -0.05) is 0 Å². The monoisotopic (exact) mass is 888 g/mol. The third-order valence-corrected chi connectivity index (χ3v) is 9.13. The maximum Gasteiger partial charge on any atom is 0.273 e. The van der Waals surface area contributed by atoms with Crippen LogP contribution in [0.1, 0.15) is 0 Å². The number of anilines is 1. The van der Waals surface area contributed by atoms with Crippen molar-refractivity contribution in [1.29, 1.82) is 0 Å². The van der Waals surface area contributed by atoms with Gasteiger partial charge in [-0.2, -0.15) is 0 Å². The number of nitrogens with zero attached hydrogens (tertiary/aromatic N) is 5. The number of phenolic OH excluding ortho intramolecular Hbond substituents is 1. The first kappa shape index (κ1) is 51.5. The summed E-state index contributed by atoms with van der Waals surface area (Å²) in [6.07, 6.45) is 0. The number of nitro groups is 2. The number of halogens is 2. The maximum atomic E-state index is 10.8. The zero-order valence-electron chi connectivity index (χ0n) is 34.4. The zero-order valence-corrected chi connectivity index (χ0v) is 35.9. The molecule has 0 radical (unpaired) electrons. The van der Waals surface area contributed by atoms with Crippen molar-refractivity contribution in [3.63, 3.8) is 0 Å². The van der Waals surface area contributed by atoms with E-state index in [0.29, 0.717) is 41.9 Å². The van der Waals surface area contributed by atoms with Gasteiger partial charge in [0.05, 0.1) is 83.0 Å². The maximum absolute atomic E-state index is 10.8. The summed E-state index contributed by atoms with van der Waals surface area (Å²) in [5, 5.41) is 30.1. The molecule has 3 aliphatic rings. The van der Waals surface area contributed by atoms with Crippen LogP contribution >= 0.6 is 24.0 Å². The normalized spacial score (nSPS) is 15.5. The van der Waals surface area contributed by atoms with Crippen LogP contribution < -0.4 is 29.4 Å². The molecule has 3 aliphatic heterocycles. The number of rotatable bonds is 15. The van der Waals surface area contributed by atoms with E-state index in [-0.39, 0.29) is 35.3 Å². The molecule has 0 spiro atoms. The Morgan fingerprint density at radius 3 is 1.40 bits per heavy atom. The first-order valence-electron chi connectivity index (χ1n) is 19.1. The summed E-state index contributed by atoms with van der Waals surface area (Å²) < 4.78 is 42.1. The molecular weight excluding hydrogens is 831 g/mol. The Bertz CT molecular complexity index is 1680. The van der Waals surface area contributed by atoms with Gasteiger partial charge < -0.3 is 48.7 Å². The molecule has 0 aliphatic carbocycles. The second-order valence-electron chi connectivity index (χ2n) is 12.9. The van der Waals surface area contributed by atoms with Crippen LogP contribution in [0.25, 0.3) is 0 Å². The van der Waals surface area contributed by atoms with Crippen LogP contribution in [0.5, 0.6) is 34.5 Å². The van der Waals surface area contributed by atoms with E-state index >= 15 is 0 Å². The third kappa shape index (κ3) is 19.2.